The molecule has 1 N–H and O–H groups in total. The number of carbonyl (C=O) groups excluding carboxylic acids is 1. The normalized spacial score (nSPS) is 14.1. The van der Waals surface area contributed by atoms with Gasteiger partial charge in [-0.2, -0.15) is 11.3 Å². The average Bonchev–Trinajstić information content (AvgIpc) is 3.11. The van der Waals surface area contributed by atoms with Gasteiger partial charge in [0.05, 0.1) is 11.3 Å². The fourth-order valence-corrected chi connectivity index (χ4v) is 4.18. The van der Waals surface area contributed by atoms with Gasteiger partial charge in [-0.25, -0.2) is 0 Å². The Labute approximate surface area is 136 Å². The van der Waals surface area contributed by atoms with Gasteiger partial charge in [0.2, 0.25) is 5.91 Å². The van der Waals surface area contributed by atoms with Gasteiger partial charge in [-0.1, -0.05) is 23.1 Å². The van der Waals surface area contributed by atoms with Gasteiger partial charge in [0.1, 0.15) is 5.51 Å². The summed E-state index contributed by atoms with van der Waals surface area (Å²) in [6.07, 6.45) is 0. The molecule has 0 aromatic carbocycles. The van der Waals surface area contributed by atoms with E-state index in [1.54, 1.807) is 16.8 Å². The lowest BCUT2D eigenvalue weighted by Crippen LogP contribution is -2.37. The molecule has 0 radical (unpaired) electrons. The second-order valence-electron chi connectivity index (χ2n) is 4.75. The molecule has 114 valence electrons. The van der Waals surface area contributed by atoms with Gasteiger partial charge in [0.15, 0.2) is 4.34 Å². The summed E-state index contributed by atoms with van der Waals surface area (Å²) in [6, 6.07) is 2.29. The Bertz CT molecular complexity index is 542. The minimum Gasteiger partial charge on any atom is -0.353 e. The van der Waals surface area contributed by atoms with Crippen LogP contribution < -0.4 is 5.32 Å². The number of hydrogen-bond donors (Lipinski definition) is 1. The number of hydrogen-bond acceptors (Lipinski definition) is 7. The minimum atomic E-state index is -0.178. The molecule has 8 heteroatoms. The van der Waals surface area contributed by atoms with Crippen molar-refractivity contribution in [3.8, 4) is 0 Å². The molecule has 2 rings (SSSR count). The fraction of sp³-hybridized carbons (Fsp3) is 0.462. The maximum atomic E-state index is 12.2. The molecule has 0 spiro atoms. The van der Waals surface area contributed by atoms with Crippen molar-refractivity contribution in [3.05, 3.63) is 27.9 Å². The predicted octanol–water partition coefficient (Wildman–Crippen LogP) is 2.50. The van der Waals surface area contributed by atoms with E-state index >= 15 is 0 Å². The Kier molecular flexibility index (Phi) is 6.16. The highest BCUT2D eigenvalue weighted by atomic mass is 32.2. The topological polar surface area (TPSA) is 58.1 Å². The van der Waals surface area contributed by atoms with E-state index in [1.165, 1.54) is 28.7 Å². The van der Waals surface area contributed by atoms with Crippen LogP contribution in [-0.4, -0.2) is 46.9 Å². The summed E-state index contributed by atoms with van der Waals surface area (Å²) in [5.74, 6) is 0.0253. The molecule has 1 amide bonds. The van der Waals surface area contributed by atoms with Gasteiger partial charge in [-0.15, -0.1) is 10.2 Å². The van der Waals surface area contributed by atoms with E-state index < -0.39 is 0 Å². The highest BCUT2D eigenvalue weighted by molar-refractivity contribution is 8.02. The van der Waals surface area contributed by atoms with Crippen molar-refractivity contribution in [2.75, 3.05) is 20.6 Å². The van der Waals surface area contributed by atoms with E-state index in [0.29, 0.717) is 6.54 Å². The number of amides is 1. The molecule has 0 aliphatic heterocycles. The Morgan fingerprint density at radius 1 is 1.52 bits per heavy atom. The van der Waals surface area contributed by atoms with Crippen molar-refractivity contribution >= 4 is 40.3 Å². The molecule has 0 aliphatic carbocycles. The van der Waals surface area contributed by atoms with E-state index in [1.807, 2.05) is 21.0 Å². The third-order valence-corrected chi connectivity index (χ3v) is 5.62. The zero-order chi connectivity index (χ0) is 15.2. The molecule has 2 aromatic heterocycles. The largest absolute Gasteiger partial charge is 0.353 e. The lowest BCUT2D eigenvalue weighted by atomic mass is 10.1. The number of thioether (sulfide) groups is 1. The van der Waals surface area contributed by atoms with Crippen LogP contribution >= 0.6 is 34.4 Å². The average molecular weight is 343 g/mol. The highest BCUT2D eigenvalue weighted by Gasteiger charge is 2.19. The van der Waals surface area contributed by atoms with Crippen LogP contribution in [0.5, 0.6) is 0 Å². The number of nitrogens with one attached hydrogen (secondary N) is 1. The summed E-state index contributed by atoms with van der Waals surface area (Å²) < 4.78 is 0.819. The maximum Gasteiger partial charge on any atom is 0.233 e. The zero-order valence-corrected chi connectivity index (χ0v) is 14.6. The zero-order valence-electron chi connectivity index (χ0n) is 12.1. The van der Waals surface area contributed by atoms with Crippen molar-refractivity contribution < 1.29 is 4.79 Å². The summed E-state index contributed by atoms with van der Waals surface area (Å²) in [7, 11) is 4.04. The maximum absolute atomic E-state index is 12.2. The van der Waals surface area contributed by atoms with Crippen molar-refractivity contribution in [3.63, 3.8) is 0 Å². The molecular weight excluding hydrogens is 324 g/mol. The lowest BCUT2D eigenvalue weighted by molar-refractivity contribution is -0.120. The van der Waals surface area contributed by atoms with E-state index in [-0.39, 0.29) is 17.2 Å². The van der Waals surface area contributed by atoms with Crippen LogP contribution in [0.25, 0.3) is 0 Å². The number of thiophene rings is 1. The molecule has 0 saturated carbocycles. The van der Waals surface area contributed by atoms with E-state index in [0.717, 1.165) is 4.34 Å². The molecule has 2 atom stereocenters. The fourth-order valence-electron chi connectivity index (χ4n) is 1.82. The molecule has 0 saturated heterocycles. The van der Waals surface area contributed by atoms with E-state index in [9.17, 15) is 4.79 Å². The summed E-state index contributed by atoms with van der Waals surface area (Å²) in [5.41, 5.74) is 2.90. The molecule has 0 aliphatic rings. The van der Waals surface area contributed by atoms with Gasteiger partial charge >= 0.3 is 0 Å². The summed E-state index contributed by atoms with van der Waals surface area (Å²) in [5, 5.41) is 14.7. The van der Waals surface area contributed by atoms with Gasteiger partial charge in [-0.3, -0.25) is 4.79 Å². The second-order valence-corrected chi connectivity index (χ2v) is 7.95. The van der Waals surface area contributed by atoms with Crippen LogP contribution in [-0.2, 0) is 4.79 Å². The lowest BCUT2D eigenvalue weighted by Gasteiger charge is -2.24. The molecule has 2 unspecified atom stereocenters. The number of rotatable bonds is 7. The van der Waals surface area contributed by atoms with Crippen LogP contribution in [0.1, 0.15) is 18.5 Å². The predicted molar refractivity (Wildman–Crippen MR) is 89.0 cm³/mol. The third kappa shape index (κ3) is 4.77. The van der Waals surface area contributed by atoms with Crippen molar-refractivity contribution in [1.29, 1.82) is 0 Å². The second kappa shape index (κ2) is 7.88. The summed E-state index contributed by atoms with van der Waals surface area (Å²) in [6.45, 7) is 2.49. The van der Waals surface area contributed by atoms with Gasteiger partial charge in [-0.05, 0) is 43.4 Å². The van der Waals surface area contributed by atoms with Crippen molar-refractivity contribution in [1.82, 2.24) is 20.4 Å². The molecule has 0 bridgehead atoms. The van der Waals surface area contributed by atoms with Gasteiger partial charge in [0.25, 0.3) is 0 Å². The molecular formula is C13H18N4OS3. The van der Waals surface area contributed by atoms with Crippen LogP contribution in [0.2, 0.25) is 0 Å². The Morgan fingerprint density at radius 2 is 2.33 bits per heavy atom. The van der Waals surface area contributed by atoms with Crippen LogP contribution in [0.3, 0.4) is 0 Å². The SMILES string of the molecule is CC(Sc1nncs1)C(=O)NCC(c1ccsc1)N(C)C. The van der Waals surface area contributed by atoms with Crippen LogP contribution in [0.4, 0.5) is 0 Å². The summed E-state index contributed by atoms with van der Waals surface area (Å²) in [4.78, 5) is 14.3. The van der Waals surface area contributed by atoms with Gasteiger partial charge in [0, 0.05) is 6.54 Å². The number of likely N-dealkylation sites (N-methyl/N-ethyl adjacent to an activating group) is 1. The third-order valence-electron chi connectivity index (χ3n) is 3.01. The van der Waals surface area contributed by atoms with E-state index in [2.05, 4.69) is 37.2 Å². The molecule has 0 fully saturated rings. The standard InChI is InChI=1S/C13H18N4OS3/c1-9(21-13-16-15-8-20-13)12(18)14-6-11(17(2)3)10-4-5-19-7-10/h4-5,7-9,11H,6H2,1-3H3,(H,14,18). The molecule has 5 nitrogen and oxygen atoms in total. The first kappa shape index (κ1) is 16.4. The van der Waals surface area contributed by atoms with Gasteiger partial charge < -0.3 is 10.2 Å². The van der Waals surface area contributed by atoms with Crippen LogP contribution in [0, 0.1) is 0 Å². The van der Waals surface area contributed by atoms with E-state index in [4.69, 9.17) is 0 Å². The molecule has 2 heterocycles. The first-order valence-electron chi connectivity index (χ1n) is 6.47. The summed E-state index contributed by atoms with van der Waals surface area (Å²) >= 11 is 4.56. The van der Waals surface area contributed by atoms with Crippen LogP contribution in [0.15, 0.2) is 26.7 Å². The smallest absolute Gasteiger partial charge is 0.233 e. The Balaban J connectivity index is 1.87. The Morgan fingerprint density at radius 3 is 2.90 bits per heavy atom. The number of carbonyl (C=O) groups is 1. The minimum absolute atomic E-state index is 0.0253. The Hall–Kier alpha value is -0.960. The first-order valence-corrected chi connectivity index (χ1v) is 9.17. The van der Waals surface area contributed by atoms with Crippen molar-refractivity contribution in [2.24, 2.45) is 0 Å². The first-order chi connectivity index (χ1) is 10.1. The number of aromatic nitrogens is 2. The quantitative estimate of drug-likeness (QED) is 0.784. The van der Waals surface area contributed by atoms with Crippen molar-refractivity contribution in [2.45, 2.75) is 22.6 Å². The number of nitrogens with zero attached hydrogens (tertiary/aromatic N) is 3. The molecule has 2 aromatic rings. The molecule has 21 heavy (non-hydrogen) atoms. The highest BCUT2D eigenvalue weighted by Crippen LogP contribution is 2.24. The monoisotopic (exact) mass is 342 g/mol.